The van der Waals surface area contributed by atoms with Crippen molar-refractivity contribution >= 4 is 28.4 Å². The third-order valence-corrected chi connectivity index (χ3v) is 6.07. The van der Waals surface area contributed by atoms with E-state index in [4.69, 9.17) is 21.0 Å². The molecule has 4 rings (SSSR count). The monoisotopic (exact) mass is 447 g/mol. The van der Waals surface area contributed by atoms with Gasteiger partial charge < -0.3 is 9.73 Å². The van der Waals surface area contributed by atoms with E-state index >= 15 is 0 Å². The van der Waals surface area contributed by atoms with E-state index in [1.54, 1.807) is 13.3 Å². The summed E-state index contributed by atoms with van der Waals surface area (Å²) in [4.78, 5) is 18.8. The van der Waals surface area contributed by atoms with Gasteiger partial charge in [0.1, 0.15) is 10.9 Å². The summed E-state index contributed by atoms with van der Waals surface area (Å²) in [7, 11) is 1.63. The minimum atomic E-state index is -0.0939. The van der Waals surface area contributed by atoms with Crippen molar-refractivity contribution in [3.63, 3.8) is 0 Å². The zero-order valence-corrected chi connectivity index (χ0v) is 19.2. The Morgan fingerprint density at radius 3 is 2.53 bits per heavy atom. The highest BCUT2D eigenvalue weighted by atomic mass is 35.5. The molecule has 0 saturated heterocycles. The van der Waals surface area contributed by atoms with Crippen LogP contribution in [0.1, 0.15) is 38.4 Å². The average Bonchev–Trinajstić information content (AvgIpc) is 3.30. The fourth-order valence-electron chi connectivity index (χ4n) is 3.81. The number of nitrogens with zero attached hydrogens (tertiary/aromatic N) is 2. The number of pyridine rings is 1. The van der Waals surface area contributed by atoms with Crippen LogP contribution in [0.3, 0.4) is 0 Å². The van der Waals surface area contributed by atoms with Crippen LogP contribution in [0.5, 0.6) is 0 Å². The molecule has 2 heterocycles. The predicted octanol–water partition coefficient (Wildman–Crippen LogP) is 5.66. The van der Waals surface area contributed by atoms with E-state index in [0.717, 1.165) is 33.4 Å². The Kier molecular flexibility index (Phi) is 6.58. The minimum Gasteiger partial charge on any atom is -0.468 e. The number of carbonyl (C=O) groups is 1. The van der Waals surface area contributed by atoms with Crippen LogP contribution >= 0.6 is 11.6 Å². The van der Waals surface area contributed by atoms with Crippen LogP contribution < -0.4 is 5.32 Å². The highest BCUT2D eigenvalue weighted by Gasteiger charge is 2.15. The lowest BCUT2D eigenvalue weighted by Gasteiger charge is -2.22. The lowest BCUT2D eigenvalue weighted by Crippen LogP contribution is -2.23. The number of aromatic nitrogens is 1. The van der Waals surface area contributed by atoms with Gasteiger partial charge in [-0.2, -0.15) is 0 Å². The summed E-state index contributed by atoms with van der Waals surface area (Å²) < 4.78 is 5.59. The van der Waals surface area contributed by atoms with Crippen LogP contribution in [0, 0.1) is 13.8 Å². The summed E-state index contributed by atoms with van der Waals surface area (Å²) in [5, 5.41) is 4.25. The third kappa shape index (κ3) is 4.85. The van der Waals surface area contributed by atoms with Crippen LogP contribution in [-0.2, 0) is 19.6 Å². The van der Waals surface area contributed by atoms with E-state index < -0.39 is 0 Å². The number of nitrogens with one attached hydrogen (secondary N) is 1. The Morgan fingerprint density at radius 1 is 1.06 bits per heavy atom. The smallest absolute Gasteiger partial charge is 0.251 e. The highest BCUT2D eigenvalue weighted by molar-refractivity contribution is 6.30. The van der Waals surface area contributed by atoms with Gasteiger partial charge in [0.15, 0.2) is 0 Å². The fraction of sp³-hybridized carbons (Fsp3) is 0.231. The zero-order valence-electron chi connectivity index (χ0n) is 18.5. The van der Waals surface area contributed by atoms with Crippen molar-refractivity contribution in [1.29, 1.82) is 0 Å². The van der Waals surface area contributed by atoms with Crippen molar-refractivity contribution in [3.8, 4) is 0 Å². The molecule has 2 aromatic carbocycles. The zero-order chi connectivity index (χ0) is 22.7. The van der Waals surface area contributed by atoms with Crippen molar-refractivity contribution < 1.29 is 9.21 Å². The Bertz CT molecular complexity index is 1230. The summed E-state index contributed by atoms with van der Waals surface area (Å²) in [5.74, 6) is 0.784. The lowest BCUT2D eigenvalue weighted by molar-refractivity contribution is 0.0963. The SMILES string of the molecule is CNC(=O)c1ccc(CN(Cc2ccco2)Cc2cc3ccc(C)c(C)c3nc2Cl)cc1. The first kappa shape index (κ1) is 22.1. The molecule has 6 heteroatoms. The number of hydrogen-bond acceptors (Lipinski definition) is 4. The topological polar surface area (TPSA) is 58.4 Å². The molecule has 0 aliphatic carbocycles. The predicted molar refractivity (Wildman–Crippen MR) is 128 cm³/mol. The number of aryl methyl sites for hydroxylation is 2. The molecular weight excluding hydrogens is 422 g/mol. The Hall–Kier alpha value is -3.15. The van der Waals surface area contributed by atoms with Crippen LogP contribution in [0.25, 0.3) is 10.9 Å². The minimum absolute atomic E-state index is 0.0939. The Morgan fingerprint density at radius 2 is 1.84 bits per heavy atom. The molecule has 5 nitrogen and oxygen atoms in total. The number of furan rings is 1. The first-order valence-electron chi connectivity index (χ1n) is 10.6. The molecule has 2 aromatic heterocycles. The Labute approximate surface area is 193 Å². The molecule has 0 unspecified atom stereocenters. The lowest BCUT2D eigenvalue weighted by atomic mass is 10.0. The number of benzene rings is 2. The molecule has 0 bridgehead atoms. The molecule has 1 N–H and O–H groups in total. The summed E-state index contributed by atoms with van der Waals surface area (Å²) >= 11 is 6.62. The molecule has 4 aromatic rings. The van der Waals surface area contributed by atoms with Gasteiger partial charge in [-0.3, -0.25) is 9.69 Å². The number of fused-ring (bicyclic) bond motifs is 1. The van der Waals surface area contributed by atoms with Gasteiger partial charge in [-0.1, -0.05) is 35.9 Å². The summed E-state index contributed by atoms with van der Waals surface area (Å²) in [6.07, 6.45) is 1.68. The number of rotatable bonds is 7. The molecular formula is C26H26ClN3O2. The fourth-order valence-corrected chi connectivity index (χ4v) is 4.01. The molecule has 0 fully saturated rings. The van der Waals surface area contributed by atoms with Crippen molar-refractivity contribution in [1.82, 2.24) is 15.2 Å². The molecule has 0 atom stereocenters. The molecule has 0 radical (unpaired) electrons. The molecule has 164 valence electrons. The van der Waals surface area contributed by atoms with Crippen molar-refractivity contribution in [2.45, 2.75) is 33.5 Å². The summed E-state index contributed by atoms with van der Waals surface area (Å²) in [5.41, 5.74) is 6.01. The van der Waals surface area contributed by atoms with Crippen molar-refractivity contribution in [3.05, 3.63) is 99.6 Å². The van der Waals surface area contributed by atoms with E-state index in [1.165, 1.54) is 5.56 Å². The van der Waals surface area contributed by atoms with Gasteiger partial charge in [-0.15, -0.1) is 0 Å². The van der Waals surface area contributed by atoms with E-state index in [0.29, 0.717) is 30.4 Å². The van der Waals surface area contributed by atoms with Gasteiger partial charge in [0.25, 0.3) is 5.91 Å². The first-order valence-corrected chi connectivity index (χ1v) is 10.9. The highest BCUT2D eigenvalue weighted by Crippen LogP contribution is 2.27. The third-order valence-electron chi connectivity index (χ3n) is 5.74. The van der Waals surface area contributed by atoms with Gasteiger partial charge in [-0.05, 0) is 60.9 Å². The quantitative estimate of drug-likeness (QED) is 0.371. The van der Waals surface area contributed by atoms with Gasteiger partial charge in [0, 0.05) is 36.7 Å². The molecule has 1 amide bonds. The van der Waals surface area contributed by atoms with Gasteiger partial charge in [0.2, 0.25) is 0 Å². The van der Waals surface area contributed by atoms with E-state index in [-0.39, 0.29) is 5.91 Å². The maximum atomic E-state index is 11.8. The second-order valence-corrected chi connectivity index (χ2v) is 8.38. The molecule has 0 spiro atoms. The second-order valence-electron chi connectivity index (χ2n) is 8.02. The van der Waals surface area contributed by atoms with E-state index in [1.807, 2.05) is 36.4 Å². The standard InChI is InChI=1S/C26H26ClN3O2/c1-17-6-9-21-13-22(25(27)29-24(21)18(17)2)15-30(16-23-5-4-12-32-23)14-19-7-10-20(11-8-19)26(31)28-3/h4-13H,14-16H2,1-3H3,(H,28,31). The number of halogens is 1. The Balaban J connectivity index is 1.61. The molecule has 0 aliphatic heterocycles. The average molecular weight is 448 g/mol. The van der Waals surface area contributed by atoms with Crippen LogP contribution in [0.2, 0.25) is 5.15 Å². The van der Waals surface area contributed by atoms with Crippen LogP contribution in [0.4, 0.5) is 0 Å². The molecule has 0 saturated carbocycles. The van der Waals surface area contributed by atoms with Crippen LogP contribution in [-0.4, -0.2) is 22.8 Å². The maximum Gasteiger partial charge on any atom is 0.251 e. The largest absolute Gasteiger partial charge is 0.468 e. The van der Waals surface area contributed by atoms with Gasteiger partial charge >= 0.3 is 0 Å². The second kappa shape index (κ2) is 9.55. The molecule has 32 heavy (non-hydrogen) atoms. The van der Waals surface area contributed by atoms with E-state index in [2.05, 4.69) is 42.3 Å². The van der Waals surface area contributed by atoms with Gasteiger partial charge in [0.05, 0.1) is 18.3 Å². The first-order chi connectivity index (χ1) is 15.4. The number of amides is 1. The number of carbonyl (C=O) groups excluding carboxylic acids is 1. The van der Waals surface area contributed by atoms with Crippen LogP contribution in [0.15, 0.2) is 65.3 Å². The maximum absolute atomic E-state index is 11.8. The van der Waals surface area contributed by atoms with E-state index in [9.17, 15) is 4.79 Å². The van der Waals surface area contributed by atoms with Crippen molar-refractivity contribution in [2.24, 2.45) is 0 Å². The normalized spacial score (nSPS) is 11.3. The summed E-state index contributed by atoms with van der Waals surface area (Å²) in [6.45, 7) is 6.08. The van der Waals surface area contributed by atoms with Gasteiger partial charge in [-0.25, -0.2) is 4.98 Å². The molecule has 0 aliphatic rings. The summed E-state index contributed by atoms with van der Waals surface area (Å²) in [6, 6.07) is 17.8. The number of hydrogen-bond donors (Lipinski definition) is 1. The van der Waals surface area contributed by atoms with Crippen molar-refractivity contribution in [2.75, 3.05) is 7.05 Å².